The molecule has 9 N–H and O–H groups in total. The highest BCUT2D eigenvalue weighted by Crippen LogP contribution is 2.20. The van der Waals surface area contributed by atoms with Crippen molar-refractivity contribution < 1.29 is 46.0 Å². The van der Waals surface area contributed by atoms with Gasteiger partial charge in [0.1, 0.15) is 42.4 Å². The van der Waals surface area contributed by atoms with Crippen LogP contribution in [0.3, 0.4) is 0 Å². The number of aliphatic hydroxyl groups is 8. The molecule has 0 aliphatic carbocycles. The minimum absolute atomic E-state index is 0.125. The molecule has 0 radical (unpaired) electrons. The second-order valence-electron chi connectivity index (χ2n) is 5.60. The van der Waals surface area contributed by atoms with Crippen molar-refractivity contribution >= 4 is 0 Å². The molecule has 9 nitrogen and oxygen atoms in total. The summed E-state index contributed by atoms with van der Waals surface area (Å²) in [5, 5.41) is 86.1. The molecule has 9 heteroatoms. The fourth-order valence-electron chi connectivity index (χ4n) is 2.20. The molecule has 0 fully saturated rings. The first-order valence-corrected chi connectivity index (χ1v) is 7.34. The monoisotopic (exact) mass is 348 g/mol. The molecule has 0 saturated carbocycles. The average Bonchev–Trinajstić information content (AvgIpc) is 2.59. The van der Waals surface area contributed by atoms with E-state index in [0.717, 1.165) is 0 Å². The first kappa shape index (κ1) is 20.7. The maximum atomic E-state index is 9.92. The Kier molecular flexibility index (Phi) is 8.00. The van der Waals surface area contributed by atoms with Crippen molar-refractivity contribution in [1.82, 2.24) is 0 Å². The van der Waals surface area contributed by atoms with Crippen LogP contribution in [0.1, 0.15) is 5.56 Å². The fraction of sp³-hybridized carbons (Fsp3) is 0.600. The van der Waals surface area contributed by atoms with Gasteiger partial charge in [-0.1, -0.05) is 18.2 Å². The molecule has 0 bridgehead atoms. The molecular formula is C15H24O9. The van der Waals surface area contributed by atoms with Crippen LogP contribution < -0.4 is 0 Å². The molecule has 1 aromatic rings. The molecule has 7 unspecified atom stereocenters. The molecule has 0 amide bonds. The molecule has 0 heterocycles. The lowest BCUT2D eigenvalue weighted by molar-refractivity contribution is -0.169. The summed E-state index contributed by atoms with van der Waals surface area (Å²) < 4.78 is 0. The molecule has 0 aromatic heterocycles. The minimum atomic E-state index is -2.10. The standard InChI is InChI=1S/C15H24O9/c16-6-10(19)12(21)14(23)15(24)13(22)11(20)9(18)5-7-3-1-2-4-8(7)17/h1-4,9-24H,5-6H2. The number of para-hydroxylation sites is 1. The summed E-state index contributed by atoms with van der Waals surface area (Å²) in [6, 6.07) is 6.01. The topological polar surface area (TPSA) is 182 Å². The maximum absolute atomic E-state index is 9.92. The van der Waals surface area contributed by atoms with Gasteiger partial charge in [-0.05, 0) is 11.6 Å². The predicted molar refractivity (Wildman–Crippen MR) is 80.9 cm³/mol. The average molecular weight is 348 g/mol. The third kappa shape index (κ3) is 5.10. The van der Waals surface area contributed by atoms with Gasteiger partial charge in [0.2, 0.25) is 0 Å². The zero-order valence-electron chi connectivity index (χ0n) is 12.8. The zero-order chi connectivity index (χ0) is 18.4. The molecule has 1 aromatic carbocycles. The third-order valence-corrected chi connectivity index (χ3v) is 3.80. The van der Waals surface area contributed by atoms with Crippen molar-refractivity contribution in [3.63, 3.8) is 0 Å². The number of benzene rings is 1. The van der Waals surface area contributed by atoms with Crippen LogP contribution in [0.5, 0.6) is 5.75 Å². The summed E-state index contributed by atoms with van der Waals surface area (Å²) >= 11 is 0. The van der Waals surface area contributed by atoms with Gasteiger partial charge in [0.25, 0.3) is 0 Å². The molecular weight excluding hydrogens is 324 g/mol. The van der Waals surface area contributed by atoms with Crippen molar-refractivity contribution in [1.29, 1.82) is 0 Å². The van der Waals surface area contributed by atoms with E-state index in [1.54, 1.807) is 12.1 Å². The summed E-state index contributed by atoms with van der Waals surface area (Å²) in [5.41, 5.74) is 0.294. The Hall–Kier alpha value is -1.30. The molecule has 138 valence electrons. The second kappa shape index (κ2) is 9.25. The molecule has 24 heavy (non-hydrogen) atoms. The van der Waals surface area contributed by atoms with E-state index in [-0.39, 0.29) is 12.2 Å². The van der Waals surface area contributed by atoms with E-state index in [1.807, 2.05) is 0 Å². The largest absolute Gasteiger partial charge is 0.508 e. The van der Waals surface area contributed by atoms with Crippen LogP contribution >= 0.6 is 0 Å². The van der Waals surface area contributed by atoms with Crippen LogP contribution in [0.2, 0.25) is 0 Å². The van der Waals surface area contributed by atoms with Crippen molar-refractivity contribution in [2.45, 2.75) is 49.1 Å². The van der Waals surface area contributed by atoms with Crippen LogP contribution in [0.15, 0.2) is 24.3 Å². The molecule has 0 saturated heterocycles. The van der Waals surface area contributed by atoms with E-state index in [2.05, 4.69) is 0 Å². The van der Waals surface area contributed by atoms with E-state index < -0.39 is 49.3 Å². The van der Waals surface area contributed by atoms with Gasteiger partial charge in [-0.3, -0.25) is 0 Å². The van der Waals surface area contributed by atoms with Gasteiger partial charge in [0.05, 0.1) is 12.7 Å². The van der Waals surface area contributed by atoms with Gasteiger partial charge in [-0.2, -0.15) is 0 Å². The van der Waals surface area contributed by atoms with E-state index in [0.29, 0.717) is 5.56 Å². The van der Waals surface area contributed by atoms with E-state index >= 15 is 0 Å². The van der Waals surface area contributed by atoms with Crippen LogP contribution in [-0.2, 0) is 6.42 Å². The van der Waals surface area contributed by atoms with Crippen LogP contribution in [-0.4, -0.2) is 95.3 Å². The fourth-order valence-corrected chi connectivity index (χ4v) is 2.20. The summed E-state index contributed by atoms with van der Waals surface area (Å²) in [5.74, 6) is -0.125. The Morgan fingerprint density at radius 2 is 1.12 bits per heavy atom. The SMILES string of the molecule is OCC(O)C(O)C(O)C(O)C(O)C(O)C(O)Cc1ccccc1O. The number of aliphatic hydroxyl groups excluding tert-OH is 8. The van der Waals surface area contributed by atoms with Crippen LogP contribution in [0, 0.1) is 0 Å². The van der Waals surface area contributed by atoms with Gasteiger partial charge < -0.3 is 46.0 Å². The van der Waals surface area contributed by atoms with E-state index in [1.165, 1.54) is 12.1 Å². The highest BCUT2D eigenvalue weighted by atomic mass is 16.4. The number of aromatic hydroxyl groups is 1. The van der Waals surface area contributed by atoms with Crippen LogP contribution in [0.25, 0.3) is 0 Å². The normalized spacial score (nSPS) is 20.7. The smallest absolute Gasteiger partial charge is 0.118 e. The number of hydrogen-bond donors (Lipinski definition) is 9. The lowest BCUT2D eigenvalue weighted by Gasteiger charge is -2.32. The number of phenols is 1. The Morgan fingerprint density at radius 1 is 0.667 bits per heavy atom. The van der Waals surface area contributed by atoms with Crippen molar-refractivity contribution in [3.8, 4) is 5.75 Å². The van der Waals surface area contributed by atoms with Gasteiger partial charge in [-0.15, -0.1) is 0 Å². The second-order valence-corrected chi connectivity index (χ2v) is 5.60. The predicted octanol–water partition coefficient (Wildman–Crippen LogP) is -3.55. The summed E-state index contributed by atoms with van der Waals surface area (Å²) in [6.45, 7) is -0.889. The lowest BCUT2D eigenvalue weighted by Crippen LogP contribution is -2.55. The third-order valence-electron chi connectivity index (χ3n) is 3.80. The van der Waals surface area contributed by atoms with E-state index in [9.17, 15) is 40.9 Å². The molecule has 1 rings (SSSR count). The number of rotatable bonds is 9. The van der Waals surface area contributed by atoms with Gasteiger partial charge in [-0.25, -0.2) is 0 Å². The highest BCUT2D eigenvalue weighted by Gasteiger charge is 2.39. The van der Waals surface area contributed by atoms with Crippen LogP contribution in [0.4, 0.5) is 0 Å². The van der Waals surface area contributed by atoms with Crippen molar-refractivity contribution in [2.75, 3.05) is 6.61 Å². The first-order valence-electron chi connectivity index (χ1n) is 7.34. The van der Waals surface area contributed by atoms with Crippen molar-refractivity contribution in [3.05, 3.63) is 29.8 Å². The number of hydrogen-bond acceptors (Lipinski definition) is 9. The highest BCUT2D eigenvalue weighted by molar-refractivity contribution is 5.32. The Morgan fingerprint density at radius 3 is 1.62 bits per heavy atom. The number of phenolic OH excluding ortho intramolecular Hbond substituents is 1. The van der Waals surface area contributed by atoms with E-state index in [4.69, 9.17) is 5.11 Å². The Balaban J connectivity index is 2.71. The van der Waals surface area contributed by atoms with Crippen molar-refractivity contribution in [2.24, 2.45) is 0 Å². The minimum Gasteiger partial charge on any atom is -0.508 e. The van der Waals surface area contributed by atoms with Gasteiger partial charge >= 0.3 is 0 Å². The summed E-state index contributed by atoms with van der Waals surface area (Å²) in [4.78, 5) is 0. The Bertz CT molecular complexity index is 498. The first-order chi connectivity index (χ1) is 11.2. The zero-order valence-corrected chi connectivity index (χ0v) is 12.8. The molecule has 0 aliphatic rings. The summed E-state index contributed by atoms with van der Waals surface area (Å²) in [7, 11) is 0. The quantitative estimate of drug-likeness (QED) is 0.218. The maximum Gasteiger partial charge on any atom is 0.118 e. The van der Waals surface area contributed by atoms with Gasteiger partial charge in [0, 0.05) is 6.42 Å². The van der Waals surface area contributed by atoms with Gasteiger partial charge in [0.15, 0.2) is 0 Å². The molecule has 0 spiro atoms. The molecule has 7 atom stereocenters. The molecule has 0 aliphatic heterocycles. The summed E-state index contributed by atoms with van der Waals surface area (Å²) in [6.07, 6.45) is -13.7. The Labute approximate surface area is 138 Å². The lowest BCUT2D eigenvalue weighted by atomic mass is 9.92.